The van der Waals surface area contributed by atoms with Crippen LogP contribution in [0.15, 0.2) is 24.3 Å². The molecule has 0 bridgehead atoms. The SMILES string of the molecule is CN(C)Cc1ccc(NC(=O)CCC2CCNCC2)cc1. The zero-order valence-electron chi connectivity index (χ0n) is 13.2. The van der Waals surface area contributed by atoms with E-state index in [9.17, 15) is 4.79 Å². The quantitative estimate of drug-likeness (QED) is 0.845. The second-order valence-corrected chi connectivity index (χ2v) is 6.21. The fraction of sp³-hybridized carbons (Fsp3) is 0.588. The molecule has 1 heterocycles. The van der Waals surface area contributed by atoms with E-state index in [4.69, 9.17) is 0 Å². The Labute approximate surface area is 127 Å². The van der Waals surface area contributed by atoms with Gasteiger partial charge in [0.2, 0.25) is 5.91 Å². The lowest BCUT2D eigenvalue weighted by Crippen LogP contribution is -2.28. The molecule has 2 N–H and O–H groups in total. The minimum absolute atomic E-state index is 0.133. The van der Waals surface area contributed by atoms with Gasteiger partial charge in [-0.15, -0.1) is 0 Å². The van der Waals surface area contributed by atoms with Crippen molar-refractivity contribution in [3.05, 3.63) is 29.8 Å². The fourth-order valence-corrected chi connectivity index (χ4v) is 2.79. The van der Waals surface area contributed by atoms with Crippen molar-refractivity contribution < 1.29 is 4.79 Å². The molecule has 1 aromatic rings. The molecule has 1 aliphatic rings. The number of amides is 1. The molecule has 1 fully saturated rings. The minimum atomic E-state index is 0.133. The summed E-state index contributed by atoms with van der Waals surface area (Å²) in [5.74, 6) is 0.841. The van der Waals surface area contributed by atoms with E-state index in [1.165, 1.54) is 18.4 Å². The first-order valence-corrected chi connectivity index (χ1v) is 7.88. The van der Waals surface area contributed by atoms with Gasteiger partial charge in [-0.3, -0.25) is 4.79 Å². The van der Waals surface area contributed by atoms with Gasteiger partial charge in [0.1, 0.15) is 0 Å². The van der Waals surface area contributed by atoms with Crippen LogP contribution in [0, 0.1) is 5.92 Å². The topological polar surface area (TPSA) is 44.4 Å². The van der Waals surface area contributed by atoms with Crippen molar-refractivity contribution in [1.29, 1.82) is 0 Å². The molecule has 1 aromatic carbocycles. The molecule has 0 unspecified atom stereocenters. The zero-order chi connectivity index (χ0) is 15.1. The lowest BCUT2D eigenvalue weighted by molar-refractivity contribution is -0.116. The van der Waals surface area contributed by atoms with E-state index >= 15 is 0 Å². The van der Waals surface area contributed by atoms with E-state index in [1.54, 1.807) is 0 Å². The summed E-state index contributed by atoms with van der Waals surface area (Å²) in [4.78, 5) is 14.1. The number of carbonyl (C=O) groups excluding carboxylic acids is 1. The van der Waals surface area contributed by atoms with Crippen molar-refractivity contribution >= 4 is 11.6 Å². The molecule has 0 saturated carbocycles. The Balaban J connectivity index is 1.74. The number of hydrogen-bond donors (Lipinski definition) is 2. The van der Waals surface area contributed by atoms with Crippen molar-refractivity contribution in [2.75, 3.05) is 32.5 Å². The maximum atomic E-state index is 12.0. The third kappa shape index (κ3) is 5.86. The molecule has 2 rings (SSSR count). The molecule has 116 valence electrons. The van der Waals surface area contributed by atoms with Crippen LogP contribution in [0.5, 0.6) is 0 Å². The summed E-state index contributed by atoms with van der Waals surface area (Å²) >= 11 is 0. The average Bonchev–Trinajstić information content (AvgIpc) is 2.48. The molecule has 21 heavy (non-hydrogen) atoms. The third-order valence-corrected chi connectivity index (χ3v) is 3.97. The van der Waals surface area contributed by atoms with Crippen molar-refractivity contribution in [2.24, 2.45) is 5.92 Å². The minimum Gasteiger partial charge on any atom is -0.326 e. The molecule has 4 nitrogen and oxygen atoms in total. The maximum Gasteiger partial charge on any atom is 0.224 e. The Kier molecular flexibility index (Phi) is 6.21. The highest BCUT2D eigenvalue weighted by Crippen LogP contribution is 2.18. The Morgan fingerprint density at radius 2 is 1.90 bits per heavy atom. The van der Waals surface area contributed by atoms with E-state index in [1.807, 2.05) is 12.1 Å². The van der Waals surface area contributed by atoms with Gasteiger partial charge in [0.15, 0.2) is 0 Å². The highest BCUT2D eigenvalue weighted by Gasteiger charge is 2.14. The maximum absolute atomic E-state index is 12.0. The summed E-state index contributed by atoms with van der Waals surface area (Å²) in [6, 6.07) is 8.12. The summed E-state index contributed by atoms with van der Waals surface area (Å²) in [6.45, 7) is 3.11. The van der Waals surface area contributed by atoms with E-state index < -0.39 is 0 Å². The monoisotopic (exact) mass is 289 g/mol. The molecule has 0 spiro atoms. The molecule has 1 saturated heterocycles. The van der Waals surface area contributed by atoms with Crippen LogP contribution in [-0.4, -0.2) is 38.0 Å². The van der Waals surface area contributed by atoms with Crippen LogP contribution in [0.3, 0.4) is 0 Å². The molecule has 0 aromatic heterocycles. The smallest absolute Gasteiger partial charge is 0.224 e. The lowest BCUT2D eigenvalue weighted by atomic mass is 9.93. The van der Waals surface area contributed by atoms with Gasteiger partial charge in [-0.2, -0.15) is 0 Å². The van der Waals surface area contributed by atoms with Gasteiger partial charge < -0.3 is 15.5 Å². The van der Waals surface area contributed by atoms with Crippen LogP contribution in [0.1, 0.15) is 31.2 Å². The molecule has 1 aliphatic heterocycles. The number of piperidine rings is 1. The van der Waals surface area contributed by atoms with Gasteiger partial charge >= 0.3 is 0 Å². The summed E-state index contributed by atoms with van der Waals surface area (Å²) < 4.78 is 0. The number of anilines is 1. The molecule has 0 atom stereocenters. The van der Waals surface area contributed by atoms with Crippen molar-refractivity contribution in [1.82, 2.24) is 10.2 Å². The van der Waals surface area contributed by atoms with Crippen LogP contribution in [0.2, 0.25) is 0 Å². The third-order valence-electron chi connectivity index (χ3n) is 3.97. The average molecular weight is 289 g/mol. The first-order valence-electron chi connectivity index (χ1n) is 7.88. The standard InChI is InChI=1S/C17H27N3O/c1-20(2)13-15-3-6-16(7-4-15)19-17(21)8-5-14-9-11-18-12-10-14/h3-4,6-7,14,18H,5,8-13H2,1-2H3,(H,19,21). The fourth-order valence-electron chi connectivity index (χ4n) is 2.79. The molecule has 1 amide bonds. The zero-order valence-corrected chi connectivity index (χ0v) is 13.2. The number of benzene rings is 1. The van der Waals surface area contributed by atoms with Crippen molar-refractivity contribution in [2.45, 2.75) is 32.2 Å². The Bertz CT molecular complexity index is 436. The summed E-state index contributed by atoms with van der Waals surface area (Å²) in [5.41, 5.74) is 2.15. The highest BCUT2D eigenvalue weighted by molar-refractivity contribution is 5.90. The van der Waals surface area contributed by atoms with E-state index in [0.717, 1.165) is 31.7 Å². The second kappa shape index (κ2) is 8.15. The largest absolute Gasteiger partial charge is 0.326 e. The van der Waals surface area contributed by atoms with E-state index in [0.29, 0.717) is 12.3 Å². The van der Waals surface area contributed by atoms with Crippen LogP contribution in [0.4, 0.5) is 5.69 Å². The second-order valence-electron chi connectivity index (χ2n) is 6.21. The molecular weight excluding hydrogens is 262 g/mol. The first-order chi connectivity index (χ1) is 10.1. The van der Waals surface area contributed by atoms with Gasteiger partial charge in [-0.25, -0.2) is 0 Å². The molecule has 0 aliphatic carbocycles. The van der Waals surface area contributed by atoms with Crippen LogP contribution >= 0.6 is 0 Å². The number of nitrogens with one attached hydrogen (secondary N) is 2. The number of nitrogens with zero attached hydrogens (tertiary/aromatic N) is 1. The summed E-state index contributed by atoms with van der Waals surface area (Å²) in [7, 11) is 4.10. The number of hydrogen-bond acceptors (Lipinski definition) is 3. The van der Waals surface area contributed by atoms with Crippen LogP contribution < -0.4 is 10.6 Å². The van der Waals surface area contributed by atoms with Gasteiger partial charge in [0.05, 0.1) is 0 Å². The summed E-state index contributed by atoms with van der Waals surface area (Å²) in [5, 5.41) is 6.35. The first kappa shape index (κ1) is 16.0. The Morgan fingerprint density at radius 3 is 2.52 bits per heavy atom. The predicted molar refractivity (Wildman–Crippen MR) is 87.3 cm³/mol. The van der Waals surface area contributed by atoms with Gasteiger partial charge in [0.25, 0.3) is 0 Å². The van der Waals surface area contributed by atoms with Crippen molar-refractivity contribution in [3.63, 3.8) is 0 Å². The van der Waals surface area contributed by atoms with E-state index in [2.05, 4.69) is 41.8 Å². The number of rotatable bonds is 6. The Hall–Kier alpha value is -1.39. The predicted octanol–water partition coefficient (Wildman–Crippen LogP) is 2.47. The van der Waals surface area contributed by atoms with Crippen LogP contribution in [-0.2, 0) is 11.3 Å². The van der Waals surface area contributed by atoms with Gasteiger partial charge in [-0.1, -0.05) is 12.1 Å². The van der Waals surface area contributed by atoms with E-state index in [-0.39, 0.29) is 5.91 Å². The molecule has 4 heteroatoms. The normalized spacial score (nSPS) is 16.1. The number of carbonyl (C=O) groups is 1. The summed E-state index contributed by atoms with van der Waals surface area (Å²) in [6.07, 6.45) is 4.04. The van der Waals surface area contributed by atoms with Gasteiger partial charge in [0, 0.05) is 18.7 Å². The van der Waals surface area contributed by atoms with Crippen LogP contribution in [0.25, 0.3) is 0 Å². The molecular formula is C17H27N3O. The van der Waals surface area contributed by atoms with Crippen molar-refractivity contribution in [3.8, 4) is 0 Å². The molecule has 0 radical (unpaired) electrons. The lowest BCUT2D eigenvalue weighted by Gasteiger charge is -2.22. The Morgan fingerprint density at radius 1 is 1.24 bits per heavy atom. The van der Waals surface area contributed by atoms with Gasteiger partial charge in [-0.05, 0) is 70.1 Å². The highest BCUT2D eigenvalue weighted by atomic mass is 16.1.